The summed E-state index contributed by atoms with van der Waals surface area (Å²) in [5, 5.41) is 4.08. The molecule has 2 atom stereocenters. The molecule has 1 saturated carbocycles. The fourth-order valence-corrected chi connectivity index (χ4v) is 2.87. The molecule has 4 heteroatoms. The number of hydrogen-bond acceptors (Lipinski definition) is 4. The summed E-state index contributed by atoms with van der Waals surface area (Å²) < 4.78 is 5.38. The number of nitrogens with zero attached hydrogens (tertiary/aromatic N) is 2. The van der Waals surface area contributed by atoms with E-state index in [-0.39, 0.29) is 6.04 Å². The van der Waals surface area contributed by atoms with Crippen LogP contribution in [-0.4, -0.2) is 16.2 Å². The highest BCUT2D eigenvalue weighted by atomic mass is 16.5. The van der Waals surface area contributed by atoms with Crippen molar-refractivity contribution in [1.29, 1.82) is 0 Å². The third-order valence-corrected chi connectivity index (χ3v) is 4.18. The van der Waals surface area contributed by atoms with Crippen LogP contribution >= 0.6 is 0 Å². The van der Waals surface area contributed by atoms with Crippen LogP contribution in [0.3, 0.4) is 0 Å². The number of hydrogen-bond donors (Lipinski definition) is 1. The van der Waals surface area contributed by atoms with Crippen LogP contribution in [0.1, 0.15) is 37.1 Å². The van der Waals surface area contributed by atoms with Gasteiger partial charge < -0.3 is 10.3 Å². The summed E-state index contributed by atoms with van der Waals surface area (Å²) in [4.78, 5) is 4.51. The quantitative estimate of drug-likeness (QED) is 0.931. The number of rotatable bonds is 3. The number of aryl methyl sites for hydroxylation is 1. The zero-order valence-corrected chi connectivity index (χ0v) is 11.9. The van der Waals surface area contributed by atoms with Gasteiger partial charge in [-0.3, -0.25) is 0 Å². The van der Waals surface area contributed by atoms with Crippen molar-refractivity contribution in [3.8, 4) is 11.4 Å². The molecule has 1 heterocycles. The first-order chi connectivity index (χ1) is 9.72. The van der Waals surface area contributed by atoms with Crippen LogP contribution in [0.5, 0.6) is 0 Å². The normalized spacial score (nSPS) is 22.9. The molecule has 20 heavy (non-hydrogen) atoms. The third kappa shape index (κ3) is 2.90. The number of benzene rings is 1. The fraction of sp³-hybridized carbons (Fsp3) is 0.500. The molecule has 3 rings (SSSR count). The minimum absolute atomic E-state index is 0.276. The van der Waals surface area contributed by atoms with Crippen molar-refractivity contribution >= 4 is 0 Å². The molecular formula is C16H21N3O. The van der Waals surface area contributed by atoms with Gasteiger partial charge >= 0.3 is 0 Å². The van der Waals surface area contributed by atoms with Crippen molar-refractivity contribution in [3.05, 3.63) is 35.7 Å². The molecule has 1 aliphatic rings. The molecule has 106 valence electrons. The fourth-order valence-electron chi connectivity index (χ4n) is 2.87. The van der Waals surface area contributed by atoms with Crippen molar-refractivity contribution in [3.63, 3.8) is 0 Å². The van der Waals surface area contributed by atoms with E-state index in [0.29, 0.717) is 17.6 Å². The highest BCUT2D eigenvalue weighted by Gasteiger charge is 2.24. The maximum absolute atomic E-state index is 6.17. The Labute approximate surface area is 119 Å². The van der Waals surface area contributed by atoms with E-state index in [1.807, 2.05) is 12.1 Å². The Morgan fingerprint density at radius 3 is 2.70 bits per heavy atom. The molecule has 2 aromatic rings. The molecule has 0 amide bonds. The molecule has 1 aromatic carbocycles. The average molecular weight is 271 g/mol. The maximum Gasteiger partial charge on any atom is 0.227 e. The molecule has 1 aromatic heterocycles. The summed E-state index contributed by atoms with van der Waals surface area (Å²) in [6.45, 7) is 2.07. The van der Waals surface area contributed by atoms with E-state index in [2.05, 4.69) is 29.2 Å². The Hall–Kier alpha value is -1.68. The van der Waals surface area contributed by atoms with E-state index in [4.69, 9.17) is 10.3 Å². The lowest BCUT2D eigenvalue weighted by Gasteiger charge is -2.27. The Morgan fingerprint density at radius 2 is 1.95 bits per heavy atom. The van der Waals surface area contributed by atoms with E-state index < -0.39 is 0 Å². The second kappa shape index (κ2) is 5.75. The Bertz CT molecular complexity index is 561. The molecule has 1 aliphatic carbocycles. The van der Waals surface area contributed by atoms with Crippen LogP contribution in [0.15, 0.2) is 28.8 Å². The molecule has 0 radical (unpaired) electrons. The summed E-state index contributed by atoms with van der Waals surface area (Å²) >= 11 is 0. The first-order valence-electron chi connectivity index (χ1n) is 7.37. The predicted octanol–water partition coefficient (Wildman–Crippen LogP) is 3.11. The molecular weight excluding hydrogens is 250 g/mol. The zero-order chi connectivity index (χ0) is 13.9. The van der Waals surface area contributed by atoms with Gasteiger partial charge in [0.1, 0.15) is 0 Å². The summed E-state index contributed by atoms with van der Waals surface area (Å²) in [7, 11) is 0. The first-order valence-corrected chi connectivity index (χ1v) is 7.37. The van der Waals surface area contributed by atoms with Gasteiger partial charge in [0.2, 0.25) is 11.7 Å². The SMILES string of the molecule is Cc1ccc(-c2noc(CC3CCCCC3N)n2)cc1. The number of nitrogens with two attached hydrogens (primary N) is 1. The minimum Gasteiger partial charge on any atom is -0.339 e. The minimum atomic E-state index is 0.276. The van der Waals surface area contributed by atoms with Crippen LogP contribution in [0, 0.1) is 12.8 Å². The van der Waals surface area contributed by atoms with Gasteiger partial charge in [-0.2, -0.15) is 4.98 Å². The Balaban J connectivity index is 1.71. The van der Waals surface area contributed by atoms with Crippen molar-refractivity contribution in [1.82, 2.24) is 10.1 Å². The van der Waals surface area contributed by atoms with Crippen LogP contribution in [0.2, 0.25) is 0 Å². The van der Waals surface area contributed by atoms with Gasteiger partial charge in [-0.1, -0.05) is 47.8 Å². The highest BCUT2D eigenvalue weighted by molar-refractivity contribution is 5.54. The molecule has 4 nitrogen and oxygen atoms in total. The third-order valence-electron chi connectivity index (χ3n) is 4.18. The molecule has 2 N–H and O–H groups in total. The standard InChI is InChI=1S/C16H21N3O/c1-11-6-8-12(9-7-11)16-18-15(20-19-16)10-13-4-2-3-5-14(13)17/h6-9,13-14H,2-5,10,17H2,1H3. The second-order valence-electron chi connectivity index (χ2n) is 5.79. The van der Waals surface area contributed by atoms with Gasteiger partial charge in [0.05, 0.1) is 0 Å². The lowest BCUT2D eigenvalue weighted by molar-refractivity contribution is 0.273. The highest BCUT2D eigenvalue weighted by Crippen LogP contribution is 2.26. The van der Waals surface area contributed by atoms with Crippen LogP contribution in [-0.2, 0) is 6.42 Å². The van der Waals surface area contributed by atoms with Crippen molar-refractivity contribution in [2.45, 2.75) is 45.1 Å². The zero-order valence-electron chi connectivity index (χ0n) is 11.9. The smallest absolute Gasteiger partial charge is 0.227 e. The molecule has 1 fully saturated rings. The monoisotopic (exact) mass is 271 g/mol. The lowest BCUT2D eigenvalue weighted by atomic mass is 9.83. The van der Waals surface area contributed by atoms with Gasteiger partial charge in [-0.05, 0) is 25.7 Å². The van der Waals surface area contributed by atoms with E-state index in [9.17, 15) is 0 Å². The van der Waals surface area contributed by atoms with E-state index >= 15 is 0 Å². The van der Waals surface area contributed by atoms with E-state index in [1.54, 1.807) is 0 Å². The Morgan fingerprint density at radius 1 is 1.20 bits per heavy atom. The van der Waals surface area contributed by atoms with Gasteiger partial charge in [-0.15, -0.1) is 0 Å². The first kappa shape index (κ1) is 13.3. The van der Waals surface area contributed by atoms with Gasteiger partial charge in [0.25, 0.3) is 0 Å². The summed E-state index contributed by atoms with van der Waals surface area (Å²) in [5.74, 6) is 1.86. The molecule has 0 saturated heterocycles. The maximum atomic E-state index is 6.17. The molecule has 0 spiro atoms. The van der Waals surface area contributed by atoms with Crippen molar-refractivity contribution < 1.29 is 4.52 Å². The van der Waals surface area contributed by atoms with Crippen LogP contribution < -0.4 is 5.73 Å². The van der Waals surface area contributed by atoms with Crippen LogP contribution in [0.25, 0.3) is 11.4 Å². The largest absolute Gasteiger partial charge is 0.339 e. The van der Waals surface area contributed by atoms with E-state index in [1.165, 1.54) is 24.8 Å². The topological polar surface area (TPSA) is 64.9 Å². The van der Waals surface area contributed by atoms with Gasteiger partial charge in [0.15, 0.2) is 0 Å². The molecule has 2 unspecified atom stereocenters. The summed E-state index contributed by atoms with van der Waals surface area (Å²) in [6, 6.07) is 8.44. The summed E-state index contributed by atoms with van der Waals surface area (Å²) in [6.07, 6.45) is 5.60. The molecule has 0 aliphatic heterocycles. The van der Waals surface area contributed by atoms with Gasteiger partial charge in [-0.25, -0.2) is 0 Å². The summed E-state index contributed by atoms with van der Waals surface area (Å²) in [5.41, 5.74) is 8.40. The van der Waals surface area contributed by atoms with Crippen molar-refractivity contribution in [2.24, 2.45) is 11.7 Å². The predicted molar refractivity (Wildman–Crippen MR) is 78.1 cm³/mol. The van der Waals surface area contributed by atoms with E-state index in [0.717, 1.165) is 18.4 Å². The van der Waals surface area contributed by atoms with Gasteiger partial charge in [0, 0.05) is 18.0 Å². The second-order valence-corrected chi connectivity index (χ2v) is 5.79. The Kier molecular flexibility index (Phi) is 3.83. The van der Waals surface area contributed by atoms with Crippen molar-refractivity contribution in [2.75, 3.05) is 0 Å². The number of aromatic nitrogens is 2. The van der Waals surface area contributed by atoms with Crippen LogP contribution in [0.4, 0.5) is 0 Å². The molecule has 0 bridgehead atoms. The lowest BCUT2D eigenvalue weighted by Crippen LogP contribution is -2.34. The average Bonchev–Trinajstić information content (AvgIpc) is 2.91.